The number of hydrogen-bond acceptors (Lipinski definition) is 2. The average Bonchev–Trinajstić information content (AvgIpc) is 2.16. The van der Waals surface area contributed by atoms with E-state index in [1.165, 1.54) is 0 Å². The Morgan fingerprint density at radius 2 is 1.86 bits per heavy atom. The Balaban J connectivity index is 3.29. The largest absolute Gasteiger partial charge is 0.496 e. The molecule has 0 spiro atoms. The normalized spacial score (nSPS) is 9.29. The zero-order valence-electron chi connectivity index (χ0n) is 8.72. The molecule has 0 amide bonds. The van der Waals surface area contributed by atoms with Crippen LogP contribution in [0.2, 0.25) is 0 Å². The summed E-state index contributed by atoms with van der Waals surface area (Å²) in [5.74, 6) is 0.875. The fourth-order valence-corrected chi connectivity index (χ4v) is 1.51. The number of hydrogen-bond donors (Lipinski definition) is 0. The summed E-state index contributed by atoms with van der Waals surface area (Å²) >= 11 is 0. The minimum absolute atomic E-state index is 0.485. The summed E-state index contributed by atoms with van der Waals surface area (Å²) in [6.07, 6.45) is 0. The Kier molecular flexibility index (Phi) is 2.93. The lowest BCUT2D eigenvalue weighted by Gasteiger charge is -2.10. The number of aryl methyl sites for hydroxylation is 2. The van der Waals surface area contributed by atoms with Crippen LogP contribution in [0.5, 0.6) is 5.75 Å². The van der Waals surface area contributed by atoms with Gasteiger partial charge in [0.05, 0.1) is 18.8 Å². The van der Waals surface area contributed by atoms with E-state index in [-0.39, 0.29) is 0 Å². The van der Waals surface area contributed by atoms with Crippen molar-refractivity contribution in [3.05, 3.63) is 35.4 Å². The number of allylic oxidation sites excluding steroid dienone is 1. The van der Waals surface area contributed by atoms with Gasteiger partial charge in [-0.05, 0) is 42.7 Å². The van der Waals surface area contributed by atoms with E-state index in [9.17, 15) is 0 Å². The van der Waals surface area contributed by atoms with Gasteiger partial charge in [0.2, 0.25) is 0 Å². The highest BCUT2D eigenvalue weighted by molar-refractivity contribution is 5.76. The molecule has 1 aromatic rings. The third-order valence-electron chi connectivity index (χ3n) is 2.15. The minimum Gasteiger partial charge on any atom is -0.496 e. The maximum Gasteiger partial charge on any atom is 0.124 e. The highest BCUT2D eigenvalue weighted by Gasteiger charge is 2.06. The van der Waals surface area contributed by atoms with Crippen LogP contribution in [-0.4, -0.2) is 7.11 Å². The molecule has 1 rings (SSSR count). The average molecular weight is 187 g/mol. The summed E-state index contributed by atoms with van der Waals surface area (Å²) < 4.78 is 5.23. The van der Waals surface area contributed by atoms with Gasteiger partial charge in [0.15, 0.2) is 0 Å². The highest BCUT2D eigenvalue weighted by Crippen LogP contribution is 2.26. The molecule has 0 aromatic heterocycles. The molecule has 0 N–H and O–H groups in total. The molecule has 0 aliphatic heterocycles. The molecule has 1 aromatic carbocycles. The molecule has 0 aliphatic carbocycles. The van der Waals surface area contributed by atoms with E-state index in [1.807, 2.05) is 32.0 Å². The summed E-state index contributed by atoms with van der Waals surface area (Å²) in [7, 11) is 1.65. The smallest absolute Gasteiger partial charge is 0.124 e. The van der Waals surface area contributed by atoms with Crippen LogP contribution in [0, 0.1) is 25.2 Å². The number of benzene rings is 1. The number of nitrogens with zero attached hydrogens (tertiary/aromatic N) is 1. The zero-order valence-corrected chi connectivity index (χ0v) is 8.72. The Morgan fingerprint density at radius 3 is 2.21 bits per heavy atom. The van der Waals surface area contributed by atoms with Crippen molar-refractivity contribution in [3.63, 3.8) is 0 Å². The standard InChI is InChI=1S/C12H13NO/c1-8-5-11(10(3)7-13)6-9(2)12(8)14-4/h5-6H,3H2,1-2,4H3. The van der Waals surface area contributed by atoms with Crippen LogP contribution in [-0.2, 0) is 0 Å². The van der Waals surface area contributed by atoms with Crippen molar-refractivity contribution in [1.82, 2.24) is 0 Å². The van der Waals surface area contributed by atoms with E-state index in [1.54, 1.807) is 7.11 Å². The van der Waals surface area contributed by atoms with Crippen molar-refractivity contribution in [2.24, 2.45) is 0 Å². The minimum atomic E-state index is 0.485. The van der Waals surface area contributed by atoms with Crippen LogP contribution in [0.3, 0.4) is 0 Å². The first-order chi connectivity index (χ1) is 6.60. The second-order valence-corrected chi connectivity index (χ2v) is 3.23. The molecule has 72 valence electrons. The highest BCUT2D eigenvalue weighted by atomic mass is 16.5. The van der Waals surface area contributed by atoms with Crippen LogP contribution < -0.4 is 4.74 Å². The van der Waals surface area contributed by atoms with Gasteiger partial charge in [0, 0.05) is 0 Å². The van der Waals surface area contributed by atoms with Crippen molar-refractivity contribution >= 4 is 5.57 Å². The first-order valence-electron chi connectivity index (χ1n) is 4.34. The predicted molar refractivity (Wildman–Crippen MR) is 57.1 cm³/mol. The first kappa shape index (κ1) is 10.3. The Bertz CT molecular complexity index is 390. The van der Waals surface area contributed by atoms with Crippen LogP contribution >= 0.6 is 0 Å². The topological polar surface area (TPSA) is 33.0 Å². The second kappa shape index (κ2) is 3.97. The Morgan fingerprint density at radius 1 is 1.36 bits per heavy atom. The van der Waals surface area contributed by atoms with Crippen molar-refractivity contribution in [2.75, 3.05) is 7.11 Å². The number of nitriles is 1. The lowest BCUT2D eigenvalue weighted by molar-refractivity contribution is 0.408. The zero-order chi connectivity index (χ0) is 10.7. The molecule has 0 radical (unpaired) electrons. The summed E-state index contributed by atoms with van der Waals surface area (Å²) in [6, 6.07) is 5.87. The van der Waals surface area contributed by atoms with E-state index >= 15 is 0 Å². The van der Waals surface area contributed by atoms with Gasteiger partial charge in [-0.25, -0.2) is 0 Å². The summed E-state index contributed by atoms with van der Waals surface area (Å²) in [5.41, 5.74) is 3.40. The van der Waals surface area contributed by atoms with Crippen LogP contribution in [0.25, 0.3) is 5.57 Å². The lowest BCUT2D eigenvalue weighted by atomic mass is 10.0. The van der Waals surface area contributed by atoms with E-state index in [0.717, 1.165) is 22.4 Å². The number of ether oxygens (including phenoxy) is 1. The molecule has 0 bridgehead atoms. The molecular formula is C12H13NO. The molecule has 2 heteroatoms. The fourth-order valence-electron chi connectivity index (χ4n) is 1.51. The van der Waals surface area contributed by atoms with E-state index in [0.29, 0.717) is 5.57 Å². The van der Waals surface area contributed by atoms with Crippen molar-refractivity contribution in [3.8, 4) is 11.8 Å². The van der Waals surface area contributed by atoms with Crippen LogP contribution in [0.15, 0.2) is 18.7 Å². The van der Waals surface area contributed by atoms with E-state index < -0.39 is 0 Å². The van der Waals surface area contributed by atoms with E-state index in [4.69, 9.17) is 10.00 Å². The molecule has 0 saturated carbocycles. The molecule has 0 aliphatic rings. The predicted octanol–water partition coefficient (Wildman–Crippen LogP) is 2.85. The van der Waals surface area contributed by atoms with Gasteiger partial charge in [0.25, 0.3) is 0 Å². The number of methoxy groups -OCH3 is 1. The second-order valence-electron chi connectivity index (χ2n) is 3.23. The fraction of sp³-hybridized carbons (Fsp3) is 0.250. The third kappa shape index (κ3) is 1.77. The van der Waals surface area contributed by atoms with Gasteiger partial charge in [-0.3, -0.25) is 0 Å². The molecule has 14 heavy (non-hydrogen) atoms. The molecule has 0 fully saturated rings. The maximum atomic E-state index is 8.72. The first-order valence-corrected chi connectivity index (χ1v) is 4.34. The summed E-state index contributed by atoms with van der Waals surface area (Å²) in [6.45, 7) is 7.60. The summed E-state index contributed by atoms with van der Waals surface area (Å²) in [4.78, 5) is 0. The van der Waals surface area contributed by atoms with Gasteiger partial charge in [0.1, 0.15) is 5.75 Å². The molecule has 0 heterocycles. The van der Waals surface area contributed by atoms with Crippen molar-refractivity contribution in [1.29, 1.82) is 5.26 Å². The molecule has 0 atom stereocenters. The van der Waals surface area contributed by atoms with E-state index in [2.05, 4.69) is 6.58 Å². The lowest BCUT2D eigenvalue weighted by Crippen LogP contribution is -1.93. The van der Waals surface area contributed by atoms with Crippen molar-refractivity contribution in [2.45, 2.75) is 13.8 Å². The van der Waals surface area contributed by atoms with Gasteiger partial charge in [-0.15, -0.1) is 0 Å². The van der Waals surface area contributed by atoms with Crippen LogP contribution in [0.1, 0.15) is 16.7 Å². The van der Waals surface area contributed by atoms with Gasteiger partial charge in [-0.1, -0.05) is 6.58 Å². The third-order valence-corrected chi connectivity index (χ3v) is 2.15. The molecular weight excluding hydrogens is 174 g/mol. The number of rotatable bonds is 2. The maximum absolute atomic E-state index is 8.72. The summed E-state index contributed by atoms with van der Waals surface area (Å²) in [5, 5.41) is 8.72. The van der Waals surface area contributed by atoms with Crippen molar-refractivity contribution < 1.29 is 4.74 Å². The SMILES string of the molecule is C=C(C#N)c1cc(C)c(OC)c(C)c1. The molecule has 0 saturated heterocycles. The monoisotopic (exact) mass is 187 g/mol. The molecule has 2 nitrogen and oxygen atoms in total. The van der Waals surface area contributed by atoms with Gasteiger partial charge in [-0.2, -0.15) is 5.26 Å². The Labute approximate surface area is 84.4 Å². The van der Waals surface area contributed by atoms with Gasteiger partial charge >= 0.3 is 0 Å². The van der Waals surface area contributed by atoms with Gasteiger partial charge < -0.3 is 4.74 Å². The Hall–Kier alpha value is -1.75. The molecule has 0 unspecified atom stereocenters. The quantitative estimate of drug-likeness (QED) is 0.667. The van der Waals surface area contributed by atoms with Crippen LogP contribution in [0.4, 0.5) is 0 Å².